The highest BCUT2D eigenvalue weighted by atomic mass is 16.5. The first kappa shape index (κ1) is 14.0. The number of carbonyl (C=O) groups excluding carboxylic acids is 1. The molecular weight excluding hydrogens is 228 g/mol. The highest BCUT2D eigenvalue weighted by Crippen LogP contribution is 2.29. The lowest BCUT2D eigenvalue weighted by Crippen LogP contribution is -2.20. The van der Waals surface area contributed by atoms with Crippen molar-refractivity contribution in [3.8, 4) is 6.26 Å². The maximum absolute atomic E-state index is 10.4. The number of hydrogen-bond acceptors (Lipinski definition) is 4. The third-order valence-electron chi connectivity index (χ3n) is 2.91. The SMILES string of the molecule is CC(C)(N=C=O)c1ccc(C(C)(C)OC#N)cc1. The quantitative estimate of drug-likeness (QED) is 0.464. The van der Waals surface area contributed by atoms with Gasteiger partial charge in [-0.15, -0.1) is 0 Å². The predicted octanol–water partition coefficient (Wildman–Crippen LogP) is 2.99. The van der Waals surface area contributed by atoms with E-state index in [0.29, 0.717) is 0 Å². The van der Waals surface area contributed by atoms with E-state index in [9.17, 15) is 4.79 Å². The molecule has 0 bridgehead atoms. The van der Waals surface area contributed by atoms with Crippen LogP contribution in [-0.2, 0) is 20.7 Å². The van der Waals surface area contributed by atoms with Gasteiger partial charge in [0.05, 0.1) is 5.54 Å². The van der Waals surface area contributed by atoms with E-state index in [4.69, 9.17) is 10.00 Å². The van der Waals surface area contributed by atoms with Crippen molar-refractivity contribution in [2.75, 3.05) is 0 Å². The van der Waals surface area contributed by atoms with Gasteiger partial charge in [0.2, 0.25) is 6.08 Å². The van der Waals surface area contributed by atoms with Gasteiger partial charge in [-0.05, 0) is 38.8 Å². The van der Waals surface area contributed by atoms with Crippen molar-refractivity contribution in [1.82, 2.24) is 0 Å². The molecule has 0 saturated carbocycles. The summed E-state index contributed by atoms with van der Waals surface area (Å²) in [5.74, 6) is 0. The molecule has 0 heterocycles. The lowest BCUT2D eigenvalue weighted by molar-refractivity contribution is 0.0702. The van der Waals surface area contributed by atoms with Gasteiger partial charge in [0.15, 0.2) is 0 Å². The second-order valence-electron chi connectivity index (χ2n) is 5.04. The Kier molecular flexibility index (Phi) is 3.90. The zero-order valence-electron chi connectivity index (χ0n) is 11.0. The molecule has 0 radical (unpaired) electrons. The summed E-state index contributed by atoms with van der Waals surface area (Å²) >= 11 is 0. The summed E-state index contributed by atoms with van der Waals surface area (Å²) in [5, 5.41) is 8.59. The Balaban J connectivity index is 3.08. The first-order valence-corrected chi connectivity index (χ1v) is 5.60. The average molecular weight is 244 g/mol. The van der Waals surface area contributed by atoms with Gasteiger partial charge in [-0.2, -0.15) is 10.3 Å². The third kappa shape index (κ3) is 2.97. The average Bonchev–Trinajstić information content (AvgIpc) is 2.29. The van der Waals surface area contributed by atoms with Crippen LogP contribution < -0.4 is 0 Å². The molecule has 0 atom stereocenters. The highest BCUT2D eigenvalue weighted by Gasteiger charge is 2.24. The molecular formula is C14H16N2O2. The van der Waals surface area contributed by atoms with E-state index in [0.717, 1.165) is 11.1 Å². The standard InChI is InChI=1S/C14H16N2O2/c1-13(2,16-10-17)11-5-7-12(8-6-11)14(3,4)18-9-15/h5-8H,1-4H3. The molecule has 0 aliphatic heterocycles. The Morgan fingerprint density at radius 3 is 2.06 bits per heavy atom. The predicted molar refractivity (Wildman–Crippen MR) is 67.3 cm³/mol. The summed E-state index contributed by atoms with van der Waals surface area (Å²) in [5.41, 5.74) is 0.535. The number of ether oxygens (including phenoxy) is 1. The fourth-order valence-electron chi connectivity index (χ4n) is 1.63. The van der Waals surface area contributed by atoms with Crippen molar-refractivity contribution < 1.29 is 9.53 Å². The monoisotopic (exact) mass is 244 g/mol. The van der Waals surface area contributed by atoms with Crippen molar-refractivity contribution in [2.24, 2.45) is 4.99 Å². The smallest absolute Gasteiger partial charge is 0.287 e. The van der Waals surface area contributed by atoms with Crippen molar-refractivity contribution in [3.63, 3.8) is 0 Å². The van der Waals surface area contributed by atoms with E-state index in [2.05, 4.69) is 4.99 Å². The Morgan fingerprint density at radius 2 is 1.61 bits per heavy atom. The van der Waals surface area contributed by atoms with Crippen LogP contribution in [0.15, 0.2) is 29.3 Å². The van der Waals surface area contributed by atoms with E-state index < -0.39 is 11.1 Å². The van der Waals surface area contributed by atoms with Crippen molar-refractivity contribution in [1.29, 1.82) is 5.26 Å². The second kappa shape index (κ2) is 5.03. The van der Waals surface area contributed by atoms with E-state index in [1.54, 1.807) is 12.3 Å². The molecule has 0 amide bonds. The van der Waals surface area contributed by atoms with Crippen LogP contribution in [0.3, 0.4) is 0 Å². The van der Waals surface area contributed by atoms with Crippen LogP contribution in [0, 0.1) is 11.5 Å². The largest absolute Gasteiger partial charge is 0.417 e. The number of benzene rings is 1. The fourth-order valence-corrected chi connectivity index (χ4v) is 1.63. The first-order valence-electron chi connectivity index (χ1n) is 5.60. The fraction of sp³-hybridized carbons (Fsp3) is 0.429. The van der Waals surface area contributed by atoms with E-state index in [1.165, 1.54) is 0 Å². The molecule has 4 nitrogen and oxygen atoms in total. The van der Waals surface area contributed by atoms with Gasteiger partial charge < -0.3 is 4.74 Å². The summed E-state index contributed by atoms with van der Waals surface area (Å²) in [4.78, 5) is 14.1. The summed E-state index contributed by atoms with van der Waals surface area (Å²) in [6.45, 7) is 7.31. The van der Waals surface area contributed by atoms with Gasteiger partial charge in [-0.3, -0.25) is 0 Å². The minimum Gasteiger partial charge on any atom is -0.417 e. The number of nitriles is 1. The Labute approximate surface area is 107 Å². The lowest BCUT2D eigenvalue weighted by atomic mass is 9.91. The maximum Gasteiger partial charge on any atom is 0.287 e. The molecule has 0 unspecified atom stereocenters. The van der Waals surface area contributed by atoms with Crippen LogP contribution in [0.2, 0.25) is 0 Å². The van der Waals surface area contributed by atoms with Crippen LogP contribution in [0.1, 0.15) is 38.8 Å². The van der Waals surface area contributed by atoms with Crippen LogP contribution in [0.4, 0.5) is 0 Å². The maximum atomic E-state index is 10.4. The molecule has 0 aromatic heterocycles. The lowest BCUT2D eigenvalue weighted by Gasteiger charge is -2.23. The van der Waals surface area contributed by atoms with Crippen molar-refractivity contribution >= 4 is 6.08 Å². The Bertz CT molecular complexity index is 504. The number of rotatable bonds is 4. The van der Waals surface area contributed by atoms with Gasteiger partial charge in [-0.25, -0.2) is 4.79 Å². The molecule has 94 valence electrons. The molecule has 0 aliphatic carbocycles. The van der Waals surface area contributed by atoms with Gasteiger partial charge in [0.25, 0.3) is 6.26 Å². The van der Waals surface area contributed by atoms with Crippen molar-refractivity contribution in [2.45, 2.75) is 38.8 Å². The molecule has 0 spiro atoms. The van der Waals surface area contributed by atoms with Crippen LogP contribution in [-0.4, -0.2) is 6.08 Å². The van der Waals surface area contributed by atoms with Crippen LogP contribution in [0.25, 0.3) is 0 Å². The van der Waals surface area contributed by atoms with Crippen LogP contribution >= 0.6 is 0 Å². The van der Waals surface area contributed by atoms with Crippen LogP contribution in [0.5, 0.6) is 0 Å². The molecule has 0 N–H and O–H groups in total. The molecule has 0 saturated heterocycles. The topological polar surface area (TPSA) is 62.4 Å². The minimum absolute atomic E-state index is 0.597. The Morgan fingerprint density at radius 1 is 1.11 bits per heavy atom. The number of isocyanates is 1. The molecule has 0 fully saturated rings. The third-order valence-corrected chi connectivity index (χ3v) is 2.91. The molecule has 1 aromatic rings. The number of nitrogens with zero attached hydrogens (tertiary/aromatic N) is 2. The first-order chi connectivity index (χ1) is 8.33. The van der Waals surface area contributed by atoms with Gasteiger partial charge >= 0.3 is 0 Å². The van der Waals surface area contributed by atoms with E-state index >= 15 is 0 Å². The molecule has 1 aromatic carbocycles. The van der Waals surface area contributed by atoms with E-state index in [1.807, 2.05) is 52.0 Å². The molecule has 4 heteroatoms. The molecule has 0 aliphatic rings. The van der Waals surface area contributed by atoms with Gasteiger partial charge in [0, 0.05) is 0 Å². The normalized spacial score (nSPS) is 11.3. The number of aliphatic imine (C=N–C) groups is 1. The minimum atomic E-state index is -0.661. The summed E-state index contributed by atoms with van der Waals surface area (Å²) in [7, 11) is 0. The number of hydrogen-bond donors (Lipinski definition) is 0. The summed E-state index contributed by atoms with van der Waals surface area (Å²) in [6.07, 6.45) is 3.28. The zero-order valence-corrected chi connectivity index (χ0v) is 11.0. The zero-order chi connectivity index (χ0) is 13.8. The highest BCUT2D eigenvalue weighted by molar-refractivity contribution is 5.38. The second-order valence-corrected chi connectivity index (χ2v) is 5.04. The van der Waals surface area contributed by atoms with Crippen molar-refractivity contribution in [3.05, 3.63) is 35.4 Å². The molecule has 1 rings (SSSR count). The van der Waals surface area contributed by atoms with E-state index in [-0.39, 0.29) is 0 Å². The van der Waals surface area contributed by atoms with Gasteiger partial charge in [-0.1, -0.05) is 24.3 Å². The Hall–Kier alpha value is -2.11. The summed E-state index contributed by atoms with van der Waals surface area (Å²) in [6, 6.07) is 7.49. The summed E-state index contributed by atoms with van der Waals surface area (Å²) < 4.78 is 5.01. The molecule has 18 heavy (non-hydrogen) atoms. The van der Waals surface area contributed by atoms with Gasteiger partial charge in [0.1, 0.15) is 5.60 Å².